The molecule has 0 aliphatic carbocycles. The second-order valence-electron chi connectivity index (χ2n) is 4.34. The third-order valence-corrected chi connectivity index (χ3v) is 2.92. The van der Waals surface area contributed by atoms with E-state index in [-0.39, 0.29) is 0 Å². The molecule has 4 heteroatoms. The summed E-state index contributed by atoms with van der Waals surface area (Å²) < 4.78 is 0. The first kappa shape index (κ1) is 16.4. The van der Waals surface area contributed by atoms with E-state index in [1.54, 1.807) is 12.2 Å². The van der Waals surface area contributed by atoms with Crippen molar-refractivity contribution in [3.05, 3.63) is 71.8 Å². The lowest BCUT2D eigenvalue weighted by Crippen LogP contribution is -2.34. The number of urea groups is 1. The average Bonchev–Trinajstić information content (AvgIpc) is 2.58. The van der Waals surface area contributed by atoms with Crippen LogP contribution < -0.4 is 5.73 Å². The Hall–Kier alpha value is -2.62. The molecule has 0 aromatic heterocycles. The Balaban J connectivity index is 3.66. The van der Waals surface area contributed by atoms with Crippen LogP contribution in [0.5, 0.6) is 0 Å². The monoisotopic (exact) mass is 283 g/mol. The number of primary amides is 1. The van der Waals surface area contributed by atoms with Crippen LogP contribution in [0, 0.1) is 0 Å². The minimum Gasteiger partial charge on any atom is -0.351 e. The molecule has 2 amide bonds. The number of aliphatic imine (C=N–C) groups is 1. The van der Waals surface area contributed by atoms with Crippen LogP contribution in [0.3, 0.4) is 0 Å². The molecular formula is C17H21N3O. The molecule has 0 spiro atoms. The van der Waals surface area contributed by atoms with Gasteiger partial charge < -0.3 is 5.73 Å². The summed E-state index contributed by atoms with van der Waals surface area (Å²) in [6.45, 7) is 11.1. The Morgan fingerprint density at radius 3 is 2.38 bits per heavy atom. The van der Waals surface area contributed by atoms with Crippen LogP contribution in [0.1, 0.15) is 20.3 Å². The highest BCUT2D eigenvalue weighted by molar-refractivity contribution is 5.79. The number of carbonyl (C=O) groups excluding carboxylic acids is 1. The lowest BCUT2D eigenvalue weighted by atomic mass is 10.1. The van der Waals surface area contributed by atoms with Gasteiger partial charge in [-0.15, -0.1) is 6.58 Å². The topological polar surface area (TPSA) is 58.7 Å². The fourth-order valence-corrected chi connectivity index (χ4v) is 2.09. The molecule has 1 aliphatic heterocycles. The highest BCUT2D eigenvalue weighted by Gasteiger charge is 2.23. The Labute approximate surface area is 126 Å². The van der Waals surface area contributed by atoms with E-state index >= 15 is 0 Å². The Bertz CT molecular complexity index is 589. The fraction of sp³-hybridized carbons (Fsp3) is 0.176. The lowest BCUT2D eigenvalue weighted by Gasteiger charge is -2.24. The largest absolute Gasteiger partial charge is 0.351 e. The first-order valence-electron chi connectivity index (χ1n) is 6.68. The molecular weight excluding hydrogens is 262 g/mol. The van der Waals surface area contributed by atoms with Gasteiger partial charge in [0, 0.05) is 0 Å². The van der Waals surface area contributed by atoms with Crippen molar-refractivity contribution < 1.29 is 4.79 Å². The van der Waals surface area contributed by atoms with Crippen molar-refractivity contribution in [2.45, 2.75) is 20.3 Å². The third kappa shape index (κ3) is 3.69. The van der Waals surface area contributed by atoms with E-state index in [4.69, 9.17) is 5.73 Å². The van der Waals surface area contributed by atoms with E-state index in [9.17, 15) is 4.79 Å². The summed E-state index contributed by atoms with van der Waals surface area (Å²) in [4.78, 5) is 17.4. The number of carbonyl (C=O) groups is 1. The van der Waals surface area contributed by atoms with Gasteiger partial charge in [0.2, 0.25) is 0 Å². The zero-order chi connectivity index (χ0) is 15.8. The summed E-state index contributed by atoms with van der Waals surface area (Å²) in [5, 5.41) is 0. The lowest BCUT2D eigenvalue weighted by molar-refractivity contribution is 0.231. The van der Waals surface area contributed by atoms with Crippen molar-refractivity contribution in [3.8, 4) is 0 Å². The van der Waals surface area contributed by atoms with Crippen LogP contribution in [-0.2, 0) is 0 Å². The van der Waals surface area contributed by atoms with Gasteiger partial charge in [-0.25, -0.2) is 4.79 Å². The number of allylic oxidation sites excluding steroid dienone is 8. The van der Waals surface area contributed by atoms with Crippen LogP contribution >= 0.6 is 0 Å². The van der Waals surface area contributed by atoms with Crippen LogP contribution in [0.25, 0.3) is 0 Å². The molecule has 0 saturated heterocycles. The zero-order valence-electron chi connectivity index (χ0n) is 12.5. The van der Waals surface area contributed by atoms with E-state index in [1.807, 2.05) is 44.2 Å². The zero-order valence-corrected chi connectivity index (χ0v) is 12.5. The van der Waals surface area contributed by atoms with Crippen LogP contribution in [-0.4, -0.2) is 17.6 Å². The van der Waals surface area contributed by atoms with Crippen molar-refractivity contribution in [3.63, 3.8) is 0 Å². The molecule has 2 N–H and O–H groups in total. The molecule has 0 radical (unpaired) electrons. The van der Waals surface area contributed by atoms with E-state index < -0.39 is 6.03 Å². The van der Waals surface area contributed by atoms with Crippen molar-refractivity contribution in [2.75, 3.05) is 0 Å². The minimum absolute atomic E-state index is 0.567. The van der Waals surface area contributed by atoms with E-state index in [0.29, 0.717) is 23.5 Å². The van der Waals surface area contributed by atoms with Gasteiger partial charge in [-0.3, -0.25) is 9.89 Å². The Kier molecular flexibility index (Phi) is 6.14. The summed E-state index contributed by atoms with van der Waals surface area (Å²) in [7, 11) is 0. The molecule has 0 fully saturated rings. The summed E-state index contributed by atoms with van der Waals surface area (Å²) in [5.74, 6) is 0. The van der Waals surface area contributed by atoms with Crippen LogP contribution in [0.4, 0.5) is 4.79 Å². The summed E-state index contributed by atoms with van der Waals surface area (Å²) >= 11 is 0. The summed E-state index contributed by atoms with van der Waals surface area (Å²) in [5.41, 5.74) is 8.43. The Morgan fingerprint density at radius 1 is 1.29 bits per heavy atom. The summed E-state index contributed by atoms with van der Waals surface area (Å²) in [6, 6.07) is -0.567. The van der Waals surface area contributed by atoms with Crippen LogP contribution in [0.2, 0.25) is 0 Å². The molecule has 1 heterocycles. The van der Waals surface area contributed by atoms with Crippen LogP contribution in [0.15, 0.2) is 76.8 Å². The molecule has 0 bridgehead atoms. The van der Waals surface area contributed by atoms with Gasteiger partial charge in [-0.1, -0.05) is 24.3 Å². The highest BCUT2D eigenvalue weighted by Crippen LogP contribution is 2.28. The molecule has 0 atom stereocenters. The molecule has 4 nitrogen and oxygen atoms in total. The highest BCUT2D eigenvalue weighted by atomic mass is 16.2. The summed E-state index contributed by atoms with van der Waals surface area (Å²) in [6.07, 6.45) is 13.5. The third-order valence-electron chi connectivity index (χ3n) is 2.92. The number of nitrogens with two attached hydrogens (primary N) is 1. The van der Waals surface area contributed by atoms with Gasteiger partial charge >= 0.3 is 6.03 Å². The number of amides is 2. The SMILES string of the molecule is C=CCC1=C(/C=C\C)N(C(N)=O)C(/C=C\C)=C(N=C)C=C1. The second kappa shape index (κ2) is 7.85. The normalized spacial score (nSPS) is 16.0. The average molecular weight is 283 g/mol. The van der Waals surface area contributed by atoms with Gasteiger partial charge in [-0.2, -0.15) is 0 Å². The smallest absolute Gasteiger partial charge is 0.323 e. The molecule has 21 heavy (non-hydrogen) atoms. The predicted octanol–water partition coefficient (Wildman–Crippen LogP) is 3.83. The number of rotatable bonds is 5. The molecule has 1 aliphatic rings. The molecule has 0 aromatic rings. The maximum atomic E-state index is 12.0. The Morgan fingerprint density at radius 2 is 1.90 bits per heavy atom. The fourth-order valence-electron chi connectivity index (χ4n) is 2.09. The maximum Gasteiger partial charge on any atom is 0.323 e. The predicted molar refractivity (Wildman–Crippen MR) is 88.6 cm³/mol. The van der Waals surface area contributed by atoms with E-state index in [0.717, 1.165) is 5.57 Å². The molecule has 0 aromatic carbocycles. The first-order chi connectivity index (χ1) is 10.1. The minimum atomic E-state index is -0.567. The number of nitrogens with zero attached hydrogens (tertiary/aromatic N) is 2. The molecule has 110 valence electrons. The van der Waals surface area contributed by atoms with Crippen molar-refractivity contribution >= 4 is 12.7 Å². The quantitative estimate of drug-likeness (QED) is 0.605. The van der Waals surface area contributed by atoms with Crippen molar-refractivity contribution in [1.29, 1.82) is 0 Å². The number of hydrogen-bond acceptors (Lipinski definition) is 2. The van der Waals surface area contributed by atoms with E-state index in [1.165, 1.54) is 4.90 Å². The van der Waals surface area contributed by atoms with Gasteiger partial charge in [0.05, 0.1) is 17.1 Å². The first-order valence-corrected chi connectivity index (χ1v) is 6.68. The maximum absolute atomic E-state index is 12.0. The second-order valence-corrected chi connectivity index (χ2v) is 4.34. The molecule has 0 saturated carbocycles. The van der Waals surface area contributed by atoms with Gasteiger partial charge in [0.15, 0.2) is 0 Å². The van der Waals surface area contributed by atoms with E-state index in [2.05, 4.69) is 18.3 Å². The standard InChI is InChI=1S/C17H21N3O/c1-5-8-13-11-12-14(19-4)16(10-7-3)20(17(18)21)15(13)9-6-2/h5-7,9-12H,1,4,8H2,2-3H3,(H2,18,21)/b9-6-,10-7-. The van der Waals surface area contributed by atoms with Gasteiger partial charge in [-0.05, 0) is 50.8 Å². The molecule has 1 rings (SSSR count). The van der Waals surface area contributed by atoms with Gasteiger partial charge in [0.1, 0.15) is 0 Å². The van der Waals surface area contributed by atoms with Gasteiger partial charge in [0.25, 0.3) is 0 Å². The van der Waals surface area contributed by atoms with Crippen molar-refractivity contribution in [1.82, 2.24) is 4.90 Å². The molecule has 0 unspecified atom stereocenters. The van der Waals surface area contributed by atoms with Crippen molar-refractivity contribution in [2.24, 2.45) is 10.7 Å². The number of hydrogen-bond donors (Lipinski definition) is 1.